The molecule has 1 N–H and O–H groups in total. The molecule has 0 spiro atoms. The second-order valence-corrected chi connectivity index (χ2v) is 13.6. The van der Waals surface area contributed by atoms with E-state index in [1.165, 1.54) is 11.8 Å². The zero-order valence-corrected chi connectivity index (χ0v) is 25.8. The molecule has 1 saturated heterocycles. The minimum absolute atomic E-state index is 0.0610. The maximum absolute atomic E-state index is 14.5. The smallest absolute Gasteiger partial charge is 0.327 e. The van der Waals surface area contributed by atoms with Gasteiger partial charge in [-0.25, -0.2) is 0 Å². The van der Waals surface area contributed by atoms with Crippen molar-refractivity contribution in [2.75, 3.05) is 0 Å². The zero-order chi connectivity index (χ0) is 29.8. The Labute approximate surface area is 248 Å². The summed E-state index contributed by atoms with van der Waals surface area (Å²) in [6.07, 6.45) is 9.57. The van der Waals surface area contributed by atoms with E-state index >= 15 is 0 Å². The first-order valence-corrected chi connectivity index (χ1v) is 15.3. The van der Waals surface area contributed by atoms with Crippen LogP contribution in [0.2, 0.25) is 0 Å². The Morgan fingerprint density at radius 2 is 1.66 bits per heavy atom. The van der Waals surface area contributed by atoms with Crippen LogP contribution in [0.1, 0.15) is 75.3 Å². The highest BCUT2D eigenvalue weighted by Crippen LogP contribution is 2.46. The van der Waals surface area contributed by atoms with E-state index in [0.29, 0.717) is 25.7 Å². The Morgan fingerprint density at radius 1 is 1.02 bits per heavy atom. The Balaban J connectivity index is 1.71. The Hall–Kier alpha value is -3.03. The minimum Gasteiger partial charge on any atom is -0.457 e. The number of pyridine rings is 2. The summed E-state index contributed by atoms with van der Waals surface area (Å²) in [5.74, 6) is -1.07. The maximum atomic E-state index is 14.5. The van der Waals surface area contributed by atoms with Gasteiger partial charge in [0, 0.05) is 29.7 Å². The van der Waals surface area contributed by atoms with Crippen LogP contribution in [0.3, 0.4) is 0 Å². The molecule has 0 saturated carbocycles. The zero-order valence-electron chi connectivity index (χ0n) is 25.0. The molecule has 7 heteroatoms. The van der Waals surface area contributed by atoms with Gasteiger partial charge in [-0.2, -0.15) is 0 Å². The van der Waals surface area contributed by atoms with Gasteiger partial charge >= 0.3 is 5.97 Å². The van der Waals surface area contributed by atoms with Gasteiger partial charge in [-0.3, -0.25) is 19.6 Å². The van der Waals surface area contributed by atoms with Crippen molar-refractivity contribution in [3.05, 3.63) is 89.0 Å². The molecule has 3 atom stereocenters. The highest BCUT2D eigenvalue weighted by atomic mass is 32.2. The molecule has 218 valence electrons. The van der Waals surface area contributed by atoms with Gasteiger partial charge in [0.2, 0.25) is 0 Å². The van der Waals surface area contributed by atoms with Gasteiger partial charge < -0.3 is 9.84 Å². The van der Waals surface area contributed by atoms with E-state index in [4.69, 9.17) is 4.74 Å². The largest absolute Gasteiger partial charge is 0.457 e. The Bertz CT molecular complexity index is 1350. The fourth-order valence-corrected chi connectivity index (χ4v) is 7.24. The summed E-state index contributed by atoms with van der Waals surface area (Å²) in [6.45, 7) is 12.3. The fraction of sp³-hybridized carbons (Fsp3) is 0.471. The molecule has 1 aliphatic heterocycles. The third-order valence-electron chi connectivity index (χ3n) is 8.31. The van der Waals surface area contributed by atoms with E-state index in [9.17, 15) is 14.7 Å². The lowest BCUT2D eigenvalue weighted by Crippen LogP contribution is -2.59. The van der Waals surface area contributed by atoms with Crippen molar-refractivity contribution in [3.63, 3.8) is 0 Å². The van der Waals surface area contributed by atoms with Crippen LogP contribution in [-0.2, 0) is 39.2 Å². The molecule has 41 heavy (non-hydrogen) atoms. The number of nitrogens with zero attached hydrogens (tertiary/aromatic N) is 2. The number of Topliss-reactive ketones (excluding diaryl/α,β-unsaturated/α-hetero) is 1. The summed E-state index contributed by atoms with van der Waals surface area (Å²) >= 11 is 1.29. The standard InChI is InChI=1S/C34H42N2O4S/c1-22(2)34(14-13-25-10-8-16-36-20-25)27(12-11-24-9-7-15-35-19-24)30(38)31(32(39)40-34)41-29-17-23(3)26(21-37)18-28(29)33(4,5)6/h7-10,15-20,22,27,31,37H,11-14,21H2,1-6H3. The minimum atomic E-state index is -0.959. The molecule has 0 amide bonds. The topological polar surface area (TPSA) is 89.4 Å². The number of aliphatic hydroxyl groups excluding tert-OH is 1. The first kappa shape index (κ1) is 30.9. The van der Waals surface area contributed by atoms with E-state index in [-0.39, 0.29) is 23.7 Å². The van der Waals surface area contributed by atoms with Crippen LogP contribution in [0.4, 0.5) is 0 Å². The molecule has 6 nitrogen and oxygen atoms in total. The quantitative estimate of drug-likeness (QED) is 0.220. The third kappa shape index (κ3) is 6.90. The van der Waals surface area contributed by atoms with E-state index in [1.807, 2.05) is 69.6 Å². The van der Waals surface area contributed by atoms with Crippen LogP contribution in [0, 0.1) is 18.8 Å². The first-order valence-electron chi connectivity index (χ1n) is 14.4. The van der Waals surface area contributed by atoms with Crippen molar-refractivity contribution < 1.29 is 19.4 Å². The molecule has 3 heterocycles. The molecular formula is C34H42N2O4S. The average Bonchev–Trinajstić information content (AvgIpc) is 2.94. The molecule has 1 aromatic carbocycles. The summed E-state index contributed by atoms with van der Waals surface area (Å²) in [5, 5.41) is 8.93. The molecule has 0 aliphatic carbocycles. The van der Waals surface area contributed by atoms with Gasteiger partial charge in [0.05, 0.1) is 12.5 Å². The number of cyclic esters (lactones) is 1. The van der Waals surface area contributed by atoms with Gasteiger partial charge in [-0.05, 0) is 90.0 Å². The third-order valence-corrected chi connectivity index (χ3v) is 9.56. The van der Waals surface area contributed by atoms with Crippen molar-refractivity contribution in [1.82, 2.24) is 9.97 Å². The van der Waals surface area contributed by atoms with Crippen LogP contribution in [0.15, 0.2) is 66.1 Å². The molecule has 3 unspecified atom stereocenters. The lowest BCUT2D eigenvalue weighted by Gasteiger charge is -2.47. The SMILES string of the molecule is Cc1cc(SC2C(=O)OC(CCc3cccnc3)(C(C)C)C(CCc3cccnc3)C2=O)c(C(C)(C)C)cc1CO. The van der Waals surface area contributed by atoms with Gasteiger partial charge in [-0.1, -0.05) is 52.8 Å². The lowest BCUT2D eigenvalue weighted by atomic mass is 9.68. The van der Waals surface area contributed by atoms with Gasteiger partial charge in [0.1, 0.15) is 5.60 Å². The van der Waals surface area contributed by atoms with Crippen molar-refractivity contribution in [2.24, 2.45) is 11.8 Å². The van der Waals surface area contributed by atoms with Crippen molar-refractivity contribution >= 4 is 23.5 Å². The van der Waals surface area contributed by atoms with Crippen molar-refractivity contribution in [1.29, 1.82) is 0 Å². The molecular weight excluding hydrogens is 532 g/mol. The predicted molar refractivity (Wildman–Crippen MR) is 163 cm³/mol. The van der Waals surface area contributed by atoms with Crippen molar-refractivity contribution in [2.45, 2.75) is 95.0 Å². The van der Waals surface area contributed by atoms with Crippen LogP contribution in [-0.4, -0.2) is 37.7 Å². The van der Waals surface area contributed by atoms with E-state index < -0.39 is 22.7 Å². The number of hydrogen-bond donors (Lipinski definition) is 1. The number of ether oxygens (including phenoxy) is 1. The summed E-state index contributed by atoms with van der Waals surface area (Å²) in [4.78, 5) is 37.7. The molecule has 0 radical (unpaired) electrons. The molecule has 1 aliphatic rings. The molecule has 4 rings (SSSR count). The van der Waals surface area contributed by atoms with E-state index in [2.05, 4.69) is 30.7 Å². The van der Waals surface area contributed by atoms with Crippen LogP contribution >= 0.6 is 11.8 Å². The normalized spacial score (nSPS) is 21.3. The number of aliphatic hydroxyl groups is 1. The van der Waals surface area contributed by atoms with Gasteiger partial charge in [0.25, 0.3) is 0 Å². The summed E-state index contributed by atoms with van der Waals surface area (Å²) in [5.41, 5.74) is 3.71. The van der Waals surface area contributed by atoms with E-state index in [0.717, 1.165) is 32.7 Å². The molecule has 1 fully saturated rings. The number of hydrogen-bond acceptors (Lipinski definition) is 7. The summed E-state index contributed by atoms with van der Waals surface area (Å²) in [6, 6.07) is 11.8. The Morgan fingerprint density at radius 3 is 2.20 bits per heavy atom. The number of aryl methyl sites for hydroxylation is 3. The predicted octanol–water partition coefficient (Wildman–Crippen LogP) is 6.44. The second-order valence-electron chi connectivity index (χ2n) is 12.4. The van der Waals surface area contributed by atoms with Gasteiger partial charge in [0.15, 0.2) is 11.0 Å². The van der Waals surface area contributed by atoms with E-state index in [1.54, 1.807) is 12.4 Å². The monoisotopic (exact) mass is 574 g/mol. The average molecular weight is 575 g/mol. The first-order chi connectivity index (χ1) is 19.5. The maximum Gasteiger partial charge on any atom is 0.327 e. The lowest BCUT2D eigenvalue weighted by molar-refractivity contribution is -0.187. The molecule has 2 aromatic heterocycles. The van der Waals surface area contributed by atoms with Gasteiger partial charge in [-0.15, -0.1) is 11.8 Å². The van der Waals surface area contributed by atoms with Crippen molar-refractivity contribution in [3.8, 4) is 0 Å². The van der Waals surface area contributed by atoms with Crippen LogP contribution in [0.25, 0.3) is 0 Å². The number of aromatic nitrogens is 2. The number of thioether (sulfide) groups is 1. The highest BCUT2D eigenvalue weighted by molar-refractivity contribution is 8.01. The van der Waals surface area contributed by atoms with Crippen LogP contribution in [0.5, 0.6) is 0 Å². The molecule has 3 aromatic rings. The number of carbonyl (C=O) groups excluding carboxylic acids is 2. The summed E-state index contributed by atoms with van der Waals surface area (Å²) < 4.78 is 6.46. The highest BCUT2D eigenvalue weighted by Gasteiger charge is 2.56. The number of carbonyl (C=O) groups is 2. The number of rotatable bonds is 10. The number of esters is 1. The van der Waals surface area contributed by atoms with Crippen LogP contribution < -0.4 is 0 Å². The second kappa shape index (κ2) is 12.9. The fourth-order valence-electron chi connectivity index (χ4n) is 5.83. The number of ketones is 1. The molecule has 0 bridgehead atoms. The Kier molecular flexibility index (Phi) is 9.70. The number of benzene rings is 1. The summed E-state index contributed by atoms with van der Waals surface area (Å²) in [7, 11) is 0.